The van der Waals surface area contributed by atoms with Crippen molar-refractivity contribution < 1.29 is 4.39 Å². The standard InChI is InChI=1S/C12H15FN4/c1-7(14)11-6-10(13)4-5-12(11)17-9(3)15-8(2)16-17/h4-7H,14H2,1-3H3. The quantitative estimate of drug-likeness (QED) is 0.865. The molecule has 1 atom stereocenters. The zero-order valence-electron chi connectivity index (χ0n) is 10.1. The van der Waals surface area contributed by atoms with Crippen molar-refractivity contribution in [3.05, 3.63) is 41.2 Å². The lowest BCUT2D eigenvalue weighted by Crippen LogP contribution is -2.12. The van der Waals surface area contributed by atoms with E-state index in [-0.39, 0.29) is 11.9 Å². The number of hydrogen-bond acceptors (Lipinski definition) is 3. The van der Waals surface area contributed by atoms with Crippen LogP contribution in [-0.2, 0) is 0 Å². The largest absolute Gasteiger partial charge is 0.324 e. The van der Waals surface area contributed by atoms with Crippen LogP contribution in [0.5, 0.6) is 0 Å². The molecule has 17 heavy (non-hydrogen) atoms. The first-order valence-corrected chi connectivity index (χ1v) is 5.44. The summed E-state index contributed by atoms with van der Waals surface area (Å²) in [6.07, 6.45) is 0. The number of nitrogens with zero attached hydrogens (tertiary/aromatic N) is 3. The van der Waals surface area contributed by atoms with Crippen molar-refractivity contribution in [3.8, 4) is 5.69 Å². The average Bonchev–Trinajstić information content (AvgIpc) is 2.57. The lowest BCUT2D eigenvalue weighted by molar-refractivity contribution is 0.620. The highest BCUT2D eigenvalue weighted by molar-refractivity contribution is 5.43. The highest BCUT2D eigenvalue weighted by Crippen LogP contribution is 2.21. The maximum Gasteiger partial charge on any atom is 0.148 e. The summed E-state index contributed by atoms with van der Waals surface area (Å²) in [5.74, 6) is 1.15. The SMILES string of the molecule is Cc1nc(C)n(-c2ccc(F)cc2C(C)N)n1. The van der Waals surface area contributed by atoms with Crippen molar-refractivity contribution in [2.75, 3.05) is 0 Å². The fourth-order valence-electron chi connectivity index (χ4n) is 1.83. The summed E-state index contributed by atoms with van der Waals surface area (Å²) in [6.45, 7) is 5.49. The van der Waals surface area contributed by atoms with Gasteiger partial charge in [0.1, 0.15) is 17.5 Å². The molecule has 1 aromatic heterocycles. The van der Waals surface area contributed by atoms with Crippen molar-refractivity contribution in [3.63, 3.8) is 0 Å². The van der Waals surface area contributed by atoms with Gasteiger partial charge >= 0.3 is 0 Å². The molecule has 1 unspecified atom stereocenters. The molecule has 0 saturated carbocycles. The van der Waals surface area contributed by atoms with Crippen LogP contribution >= 0.6 is 0 Å². The molecular formula is C12H15FN4. The van der Waals surface area contributed by atoms with Gasteiger partial charge in [-0.1, -0.05) is 0 Å². The maximum atomic E-state index is 13.2. The number of aromatic nitrogens is 3. The van der Waals surface area contributed by atoms with E-state index in [0.29, 0.717) is 5.82 Å². The average molecular weight is 234 g/mol. The van der Waals surface area contributed by atoms with Crippen molar-refractivity contribution in [2.24, 2.45) is 5.73 Å². The lowest BCUT2D eigenvalue weighted by Gasteiger charge is -2.13. The third-order valence-electron chi connectivity index (χ3n) is 2.58. The number of benzene rings is 1. The zero-order valence-corrected chi connectivity index (χ0v) is 10.1. The van der Waals surface area contributed by atoms with Crippen LogP contribution in [0.4, 0.5) is 4.39 Å². The summed E-state index contributed by atoms with van der Waals surface area (Å²) < 4.78 is 14.9. The van der Waals surface area contributed by atoms with Gasteiger partial charge in [0.2, 0.25) is 0 Å². The minimum atomic E-state index is -0.296. The molecule has 1 heterocycles. The molecule has 0 radical (unpaired) electrons. The number of hydrogen-bond donors (Lipinski definition) is 1. The Bertz CT molecular complexity index is 545. The van der Waals surface area contributed by atoms with E-state index < -0.39 is 0 Å². The smallest absolute Gasteiger partial charge is 0.148 e. The number of nitrogens with two attached hydrogens (primary N) is 1. The minimum Gasteiger partial charge on any atom is -0.324 e. The van der Waals surface area contributed by atoms with Gasteiger partial charge in [-0.15, -0.1) is 0 Å². The molecule has 0 bridgehead atoms. The molecule has 0 aliphatic heterocycles. The van der Waals surface area contributed by atoms with Gasteiger partial charge in [-0.3, -0.25) is 0 Å². The fourth-order valence-corrected chi connectivity index (χ4v) is 1.83. The van der Waals surface area contributed by atoms with E-state index in [1.807, 2.05) is 20.8 Å². The molecule has 0 saturated heterocycles. The molecule has 4 nitrogen and oxygen atoms in total. The van der Waals surface area contributed by atoms with Crippen molar-refractivity contribution in [1.29, 1.82) is 0 Å². The van der Waals surface area contributed by atoms with E-state index in [4.69, 9.17) is 5.73 Å². The summed E-state index contributed by atoms with van der Waals surface area (Å²) in [7, 11) is 0. The van der Waals surface area contributed by atoms with E-state index in [1.165, 1.54) is 12.1 Å². The van der Waals surface area contributed by atoms with Gasteiger partial charge in [0.25, 0.3) is 0 Å². The van der Waals surface area contributed by atoms with E-state index >= 15 is 0 Å². The van der Waals surface area contributed by atoms with Gasteiger partial charge in [-0.2, -0.15) is 5.10 Å². The van der Waals surface area contributed by atoms with Gasteiger partial charge in [-0.25, -0.2) is 14.1 Å². The molecule has 1 aromatic carbocycles. The summed E-state index contributed by atoms with van der Waals surface area (Å²) in [5, 5.41) is 4.28. The third kappa shape index (κ3) is 2.19. The molecule has 0 amide bonds. The van der Waals surface area contributed by atoms with E-state index in [1.54, 1.807) is 10.7 Å². The highest BCUT2D eigenvalue weighted by Gasteiger charge is 2.13. The molecule has 5 heteroatoms. The number of aryl methyl sites for hydroxylation is 2. The monoisotopic (exact) mass is 234 g/mol. The summed E-state index contributed by atoms with van der Waals surface area (Å²) in [4.78, 5) is 4.23. The van der Waals surface area contributed by atoms with Gasteiger partial charge < -0.3 is 5.73 Å². The van der Waals surface area contributed by atoms with Crippen LogP contribution in [0.25, 0.3) is 5.69 Å². The van der Waals surface area contributed by atoms with Crippen LogP contribution in [0.2, 0.25) is 0 Å². The first kappa shape index (κ1) is 11.7. The van der Waals surface area contributed by atoms with Gasteiger partial charge in [0.05, 0.1) is 5.69 Å². The minimum absolute atomic E-state index is 0.260. The maximum absolute atomic E-state index is 13.2. The molecule has 0 aliphatic rings. The number of halogens is 1. The van der Waals surface area contributed by atoms with E-state index in [2.05, 4.69) is 10.1 Å². The predicted octanol–water partition coefficient (Wildman–Crippen LogP) is 2.04. The Morgan fingerprint density at radius 3 is 2.59 bits per heavy atom. The molecule has 0 fully saturated rings. The Balaban J connectivity index is 2.62. The van der Waals surface area contributed by atoms with Crippen LogP contribution in [0.15, 0.2) is 18.2 Å². The Morgan fingerprint density at radius 1 is 1.35 bits per heavy atom. The normalized spacial score (nSPS) is 12.8. The third-order valence-corrected chi connectivity index (χ3v) is 2.58. The molecule has 0 aliphatic carbocycles. The van der Waals surface area contributed by atoms with Crippen LogP contribution in [0.3, 0.4) is 0 Å². The Labute approximate surface area is 99.3 Å². The van der Waals surface area contributed by atoms with E-state index in [0.717, 1.165) is 17.1 Å². The molecule has 90 valence electrons. The van der Waals surface area contributed by atoms with E-state index in [9.17, 15) is 4.39 Å². The van der Waals surface area contributed by atoms with Crippen molar-refractivity contribution in [1.82, 2.24) is 14.8 Å². The molecule has 2 N–H and O–H groups in total. The number of rotatable bonds is 2. The summed E-state index contributed by atoms with van der Waals surface area (Å²) >= 11 is 0. The predicted molar refractivity (Wildman–Crippen MR) is 63.4 cm³/mol. The summed E-state index contributed by atoms with van der Waals surface area (Å²) in [6, 6.07) is 4.26. The molecule has 2 aromatic rings. The van der Waals surface area contributed by atoms with Crippen molar-refractivity contribution in [2.45, 2.75) is 26.8 Å². The molecule has 2 rings (SSSR count). The second-order valence-electron chi connectivity index (χ2n) is 4.11. The fraction of sp³-hybridized carbons (Fsp3) is 0.333. The molecule has 0 spiro atoms. The first-order chi connectivity index (χ1) is 7.99. The van der Waals surface area contributed by atoms with Crippen LogP contribution < -0.4 is 5.73 Å². The molecular weight excluding hydrogens is 219 g/mol. The first-order valence-electron chi connectivity index (χ1n) is 5.44. The van der Waals surface area contributed by atoms with Gasteiger partial charge in [0, 0.05) is 6.04 Å². The Kier molecular flexibility index (Phi) is 2.93. The topological polar surface area (TPSA) is 56.7 Å². The van der Waals surface area contributed by atoms with Crippen molar-refractivity contribution >= 4 is 0 Å². The van der Waals surface area contributed by atoms with Gasteiger partial charge in [-0.05, 0) is 44.5 Å². The second kappa shape index (κ2) is 4.25. The van der Waals surface area contributed by atoms with Crippen LogP contribution in [0.1, 0.15) is 30.2 Å². The highest BCUT2D eigenvalue weighted by atomic mass is 19.1. The lowest BCUT2D eigenvalue weighted by atomic mass is 10.1. The van der Waals surface area contributed by atoms with Crippen LogP contribution in [-0.4, -0.2) is 14.8 Å². The zero-order chi connectivity index (χ0) is 12.6. The van der Waals surface area contributed by atoms with Gasteiger partial charge in [0.15, 0.2) is 0 Å². The summed E-state index contributed by atoms with van der Waals surface area (Å²) in [5.41, 5.74) is 7.35. The van der Waals surface area contributed by atoms with Crippen LogP contribution in [0, 0.1) is 19.7 Å². The second-order valence-corrected chi connectivity index (χ2v) is 4.11. The Morgan fingerprint density at radius 2 is 2.06 bits per heavy atom. The Hall–Kier alpha value is -1.75.